The van der Waals surface area contributed by atoms with Crippen molar-refractivity contribution in [2.24, 2.45) is 0 Å². The first kappa shape index (κ1) is 18.2. The average molecular weight is 364 g/mol. The van der Waals surface area contributed by atoms with Gasteiger partial charge < -0.3 is 25.2 Å². The Balaban J connectivity index is 2.06. The van der Waals surface area contributed by atoms with Crippen LogP contribution in [0, 0.1) is 0 Å². The van der Waals surface area contributed by atoms with Crippen LogP contribution in [0.5, 0.6) is 28.7 Å². The van der Waals surface area contributed by atoms with Gasteiger partial charge in [0, 0.05) is 23.6 Å². The van der Waals surface area contributed by atoms with Gasteiger partial charge in [-0.2, -0.15) is 0 Å². The van der Waals surface area contributed by atoms with E-state index >= 15 is 0 Å². The molecular weight excluding hydrogens is 344 g/mol. The van der Waals surface area contributed by atoms with Crippen LogP contribution in [-0.2, 0) is 6.42 Å². The van der Waals surface area contributed by atoms with E-state index in [1.165, 1.54) is 13.2 Å². The summed E-state index contributed by atoms with van der Waals surface area (Å²) in [5.41, 5.74) is 2.55. The molecule has 0 saturated heterocycles. The van der Waals surface area contributed by atoms with E-state index in [1.54, 1.807) is 54.6 Å². The summed E-state index contributed by atoms with van der Waals surface area (Å²) in [6.45, 7) is 0. The molecule has 0 aliphatic carbocycles. The Morgan fingerprint density at radius 3 is 2.26 bits per heavy atom. The molecule has 3 aromatic rings. The fourth-order valence-corrected chi connectivity index (χ4v) is 2.84. The largest absolute Gasteiger partial charge is 0.508 e. The van der Waals surface area contributed by atoms with Crippen LogP contribution in [0.1, 0.15) is 22.3 Å². The molecule has 0 aromatic heterocycles. The summed E-state index contributed by atoms with van der Waals surface area (Å²) in [6.07, 6.45) is 3.75. The third-order valence-electron chi connectivity index (χ3n) is 4.24. The fraction of sp³-hybridized carbons (Fsp3) is 0.0909. The van der Waals surface area contributed by atoms with Gasteiger partial charge in [-0.15, -0.1) is 0 Å². The first-order valence-corrected chi connectivity index (χ1v) is 8.34. The maximum Gasteiger partial charge on any atom is 0.165 e. The smallest absolute Gasteiger partial charge is 0.165 e. The molecule has 27 heavy (non-hydrogen) atoms. The zero-order valence-corrected chi connectivity index (χ0v) is 14.8. The molecule has 0 aliphatic rings. The molecule has 0 amide bonds. The second-order valence-corrected chi connectivity index (χ2v) is 6.11. The van der Waals surface area contributed by atoms with Crippen LogP contribution < -0.4 is 4.74 Å². The fourth-order valence-electron chi connectivity index (χ4n) is 2.84. The predicted octanol–water partition coefficient (Wildman–Crippen LogP) is 4.28. The van der Waals surface area contributed by atoms with E-state index in [4.69, 9.17) is 4.74 Å². The molecular formula is C22H20O5. The van der Waals surface area contributed by atoms with E-state index in [2.05, 4.69) is 0 Å². The van der Waals surface area contributed by atoms with Crippen LogP contribution in [0.2, 0.25) is 0 Å². The van der Waals surface area contributed by atoms with Crippen LogP contribution in [0.4, 0.5) is 0 Å². The molecule has 0 saturated carbocycles. The molecule has 5 heteroatoms. The van der Waals surface area contributed by atoms with Crippen molar-refractivity contribution in [2.45, 2.75) is 6.42 Å². The normalized spacial score (nSPS) is 11.0. The first-order valence-electron chi connectivity index (χ1n) is 8.34. The molecule has 0 spiro atoms. The Morgan fingerprint density at radius 1 is 0.852 bits per heavy atom. The lowest BCUT2D eigenvalue weighted by atomic mass is 9.96. The Bertz CT molecular complexity index is 975. The van der Waals surface area contributed by atoms with Crippen LogP contribution in [0.3, 0.4) is 0 Å². The molecule has 0 aliphatic heterocycles. The number of methoxy groups -OCH3 is 1. The molecule has 4 N–H and O–H groups in total. The summed E-state index contributed by atoms with van der Waals surface area (Å²) in [6, 6.07) is 14.7. The number of hydrogen-bond acceptors (Lipinski definition) is 5. The lowest BCUT2D eigenvalue weighted by Crippen LogP contribution is -1.96. The topological polar surface area (TPSA) is 90.2 Å². The molecule has 0 bridgehead atoms. The highest BCUT2D eigenvalue weighted by Crippen LogP contribution is 2.40. The molecule has 0 unspecified atom stereocenters. The number of phenols is 4. The van der Waals surface area contributed by atoms with Gasteiger partial charge in [0.1, 0.15) is 17.2 Å². The second-order valence-electron chi connectivity index (χ2n) is 6.11. The zero-order chi connectivity index (χ0) is 19.4. The molecule has 0 radical (unpaired) electrons. The summed E-state index contributed by atoms with van der Waals surface area (Å²) in [4.78, 5) is 0. The lowest BCUT2D eigenvalue weighted by molar-refractivity contribution is 0.367. The van der Waals surface area contributed by atoms with Gasteiger partial charge in [-0.1, -0.05) is 36.4 Å². The number of benzene rings is 3. The van der Waals surface area contributed by atoms with Gasteiger partial charge in [-0.05, 0) is 35.4 Å². The first-order chi connectivity index (χ1) is 13.0. The Hall–Kier alpha value is -3.60. The Labute approximate surface area is 157 Å². The Kier molecular flexibility index (Phi) is 5.22. The van der Waals surface area contributed by atoms with Gasteiger partial charge in [-0.25, -0.2) is 0 Å². The van der Waals surface area contributed by atoms with Crippen molar-refractivity contribution in [2.75, 3.05) is 7.11 Å². The van der Waals surface area contributed by atoms with Crippen molar-refractivity contribution < 1.29 is 25.2 Å². The van der Waals surface area contributed by atoms with E-state index in [9.17, 15) is 20.4 Å². The highest BCUT2D eigenvalue weighted by Gasteiger charge is 2.17. The third kappa shape index (κ3) is 4.15. The zero-order valence-electron chi connectivity index (χ0n) is 14.8. The van der Waals surface area contributed by atoms with Crippen molar-refractivity contribution in [3.63, 3.8) is 0 Å². The molecule has 138 valence electrons. The molecule has 0 heterocycles. The van der Waals surface area contributed by atoms with Crippen molar-refractivity contribution in [1.82, 2.24) is 0 Å². The van der Waals surface area contributed by atoms with E-state index in [-0.39, 0.29) is 28.7 Å². The minimum atomic E-state index is -0.0829. The maximum absolute atomic E-state index is 10.6. The predicted molar refractivity (Wildman–Crippen MR) is 104 cm³/mol. The van der Waals surface area contributed by atoms with E-state index in [1.807, 2.05) is 6.07 Å². The molecule has 0 fully saturated rings. The van der Waals surface area contributed by atoms with Crippen molar-refractivity contribution in [3.05, 3.63) is 76.9 Å². The monoisotopic (exact) mass is 364 g/mol. The molecule has 0 atom stereocenters. The van der Waals surface area contributed by atoms with Crippen LogP contribution >= 0.6 is 0 Å². The summed E-state index contributed by atoms with van der Waals surface area (Å²) in [5, 5.41) is 40.1. The second kappa shape index (κ2) is 7.74. The van der Waals surface area contributed by atoms with Gasteiger partial charge in [0.05, 0.1) is 7.11 Å². The van der Waals surface area contributed by atoms with Crippen molar-refractivity contribution in [1.29, 1.82) is 0 Å². The quantitative estimate of drug-likeness (QED) is 0.401. The number of hydrogen-bond donors (Lipinski definition) is 4. The number of aromatic hydroxyl groups is 4. The van der Waals surface area contributed by atoms with Gasteiger partial charge in [0.15, 0.2) is 11.5 Å². The molecule has 5 nitrogen and oxygen atoms in total. The van der Waals surface area contributed by atoms with Gasteiger partial charge in [0.2, 0.25) is 0 Å². The summed E-state index contributed by atoms with van der Waals surface area (Å²) >= 11 is 0. The van der Waals surface area contributed by atoms with Crippen LogP contribution in [0.15, 0.2) is 54.6 Å². The van der Waals surface area contributed by atoms with E-state index < -0.39 is 0 Å². The van der Waals surface area contributed by atoms with Gasteiger partial charge in [-0.3, -0.25) is 0 Å². The third-order valence-corrected chi connectivity index (χ3v) is 4.24. The highest BCUT2D eigenvalue weighted by molar-refractivity contribution is 5.78. The SMILES string of the molecule is COc1cc(O)c(Cc2ccc(O)cc2)c(C=Cc2cccc(O)c2)c1O. The minimum absolute atomic E-state index is 0.00622. The Morgan fingerprint density at radius 2 is 1.59 bits per heavy atom. The number of phenolic OH excluding ortho intramolecular Hbond substituents is 4. The van der Waals surface area contributed by atoms with Crippen molar-refractivity contribution in [3.8, 4) is 28.7 Å². The van der Waals surface area contributed by atoms with Crippen molar-refractivity contribution >= 4 is 12.2 Å². The van der Waals surface area contributed by atoms with E-state index in [0.717, 1.165) is 11.1 Å². The summed E-state index contributed by atoms with van der Waals surface area (Å²) in [5.74, 6) is 0.370. The van der Waals surface area contributed by atoms with Crippen LogP contribution in [0.25, 0.3) is 12.2 Å². The molecule has 3 aromatic carbocycles. The maximum atomic E-state index is 10.6. The summed E-state index contributed by atoms with van der Waals surface area (Å²) in [7, 11) is 1.41. The molecule has 3 rings (SSSR count). The number of ether oxygens (including phenoxy) is 1. The van der Waals surface area contributed by atoms with Crippen LogP contribution in [-0.4, -0.2) is 27.5 Å². The standard InChI is InChI=1S/C22H20O5/c1-27-21-13-20(25)19(12-15-5-8-16(23)9-6-15)18(22(21)26)10-7-14-3-2-4-17(24)11-14/h2-11,13,23-26H,12H2,1H3. The number of rotatable bonds is 5. The average Bonchev–Trinajstić information content (AvgIpc) is 2.65. The van der Waals surface area contributed by atoms with E-state index in [0.29, 0.717) is 17.5 Å². The lowest BCUT2D eigenvalue weighted by Gasteiger charge is -2.14. The van der Waals surface area contributed by atoms with Gasteiger partial charge in [0.25, 0.3) is 0 Å². The van der Waals surface area contributed by atoms with Gasteiger partial charge >= 0.3 is 0 Å². The minimum Gasteiger partial charge on any atom is -0.508 e. The highest BCUT2D eigenvalue weighted by atomic mass is 16.5. The summed E-state index contributed by atoms with van der Waals surface area (Å²) < 4.78 is 5.14.